The predicted octanol–water partition coefficient (Wildman–Crippen LogP) is 1.64. The zero-order chi connectivity index (χ0) is 18.0. The third-order valence-electron chi connectivity index (χ3n) is 4.52. The summed E-state index contributed by atoms with van der Waals surface area (Å²) >= 11 is 0. The van der Waals surface area contributed by atoms with Gasteiger partial charge in [-0.2, -0.15) is 4.31 Å². The molecule has 2 heterocycles. The molecule has 2 fully saturated rings. The average Bonchev–Trinajstić information content (AvgIpc) is 3.00. The van der Waals surface area contributed by atoms with Crippen LogP contribution in [0.2, 0.25) is 0 Å². The second kappa shape index (κ2) is 7.13. The Balaban J connectivity index is 1.84. The van der Waals surface area contributed by atoms with E-state index in [4.69, 9.17) is 9.47 Å². The average molecular weight is 367 g/mol. The maximum atomic E-state index is 12.8. The van der Waals surface area contributed by atoms with E-state index in [1.807, 2.05) is 0 Å². The first-order valence-electron chi connectivity index (χ1n) is 8.38. The van der Waals surface area contributed by atoms with E-state index in [-0.39, 0.29) is 17.1 Å². The van der Waals surface area contributed by atoms with Gasteiger partial charge in [-0.25, -0.2) is 18.0 Å². The minimum Gasteiger partial charge on any atom is -0.463 e. The summed E-state index contributed by atoms with van der Waals surface area (Å²) in [5.74, 6) is -1.28. The fourth-order valence-electron chi connectivity index (χ4n) is 3.01. The maximum absolute atomic E-state index is 12.8. The summed E-state index contributed by atoms with van der Waals surface area (Å²) in [6.07, 6.45) is 2.09. The number of piperidine rings is 1. The zero-order valence-electron chi connectivity index (χ0n) is 14.1. The smallest absolute Gasteiger partial charge is 0.347 e. The van der Waals surface area contributed by atoms with Gasteiger partial charge in [-0.3, -0.25) is 0 Å². The first-order valence-corrected chi connectivity index (χ1v) is 9.82. The third kappa shape index (κ3) is 3.69. The normalized spacial score (nSPS) is 21.8. The van der Waals surface area contributed by atoms with Crippen molar-refractivity contribution in [2.75, 3.05) is 19.7 Å². The van der Waals surface area contributed by atoms with E-state index in [2.05, 4.69) is 0 Å². The molecule has 3 rings (SSSR count). The minimum absolute atomic E-state index is 0.0703. The zero-order valence-corrected chi connectivity index (χ0v) is 14.9. The minimum atomic E-state index is -3.64. The highest BCUT2D eigenvalue weighted by molar-refractivity contribution is 7.89. The number of cyclic esters (lactones) is 1. The van der Waals surface area contributed by atoms with Crippen LogP contribution in [0.1, 0.15) is 41.6 Å². The molecule has 0 saturated carbocycles. The molecule has 0 bridgehead atoms. The first kappa shape index (κ1) is 17.9. The summed E-state index contributed by atoms with van der Waals surface area (Å²) in [6.45, 7) is 2.90. The molecule has 0 radical (unpaired) electrons. The van der Waals surface area contributed by atoms with E-state index in [1.54, 1.807) is 13.0 Å². The molecule has 0 amide bonds. The Morgan fingerprint density at radius 2 is 1.96 bits per heavy atom. The van der Waals surface area contributed by atoms with E-state index >= 15 is 0 Å². The van der Waals surface area contributed by atoms with Crippen LogP contribution in [0.15, 0.2) is 23.1 Å². The van der Waals surface area contributed by atoms with Gasteiger partial charge in [-0.15, -0.1) is 0 Å². The number of hydrogen-bond donors (Lipinski definition) is 0. The molecule has 1 atom stereocenters. The summed E-state index contributed by atoms with van der Waals surface area (Å²) in [7, 11) is -3.64. The highest BCUT2D eigenvalue weighted by Crippen LogP contribution is 2.24. The van der Waals surface area contributed by atoms with Gasteiger partial charge in [0.1, 0.15) is 0 Å². The first-order chi connectivity index (χ1) is 11.9. The number of hydrogen-bond acceptors (Lipinski definition) is 6. The summed E-state index contributed by atoms with van der Waals surface area (Å²) in [6, 6.07) is 4.42. The Kier molecular flexibility index (Phi) is 5.10. The Morgan fingerprint density at radius 3 is 2.60 bits per heavy atom. The van der Waals surface area contributed by atoms with Crippen LogP contribution in [0, 0.1) is 6.92 Å². The third-order valence-corrected chi connectivity index (χ3v) is 6.41. The molecule has 0 aliphatic carbocycles. The van der Waals surface area contributed by atoms with E-state index in [0.29, 0.717) is 25.1 Å². The Morgan fingerprint density at radius 1 is 1.24 bits per heavy atom. The van der Waals surface area contributed by atoms with Crippen LogP contribution in [0.4, 0.5) is 0 Å². The summed E-state index contributed by atoms with van der Waals surface area (Å²) in [5.41, 5.74) is 0.742. The molecule has 0 aromatic heterocycles. The summed E-state index contributed by atoms with van der Waals surface area (Å²) in [5, 5.41) is 0. The standard InChI is InChI=1S/C17H21NO6S/c1-12-5-6-13(25(21,22)18-8-3-2-4-9-18)11-14(12)16(19)24-15-7-10-23-17(15)20/h5-6,11,15H,2-4,7-10H2,1H3/t15-/m1/s1. The lowest BCUT2D eigenvalue weighted by atomic mass is 10.1. The Hall–Kier alpha value is -1.93. The number of rotatable bonds is 4. The van der Waals surface area contributed by atoms with Crippen LogP contribution in [0.25, 0.3) is 0 Å². The number of aryl methyl sites for hydroxylation is 1. The molecule has 25 heavy (non-hydrogen) atoms. The van der Waals surface area contributed by atoms with E-state index in [0.717, 1.165) is 19.3 Å². The molecule has 0 unspecified atom stereocenters. The highest BCUT2D eigenvalue weighted by Gasteiger charge is 2.32. The van der Waals surface area contributed by atoms with Gasteiger partial charge < -0.3 is 9.47 Å². The van der Waals surface area contributed by atoms with E-state index in [1.165, 1.54) is 16.4 Å². The van der Waals surface area contributed by atoms with Crippen molar-refractivity contribution >= 4 is 22.0 Å². The van der Waals surface area contributed by atoms with Gasteiger partial charge in [-0.05, 0) is 37.5 Å². The number of esters is 2. The van der Waals surface area contributed by atoms with E-state index < -0.39 is 28.1 Å². The molecule has 0 N–H and O–H groups in total. The van der Waals surface area contributed by atoms with Gasteiger partial charge >= 0.3 is 11.9 Å². The molecule has 7 nitrogen and oxygen atoms in total. The lowest BCUT2D eigenvalue weighted by molar-refractivity contribution is -0.145. The lowest BCUT2D eigenvalue weighted by Gasteiger charge is -2.26. The summed E-state index contributed by atoms with van der Waals surface area (Å²) < 4.78 is 36.9. The second-order valence-corrected chi connectivity index (χ2v) is 8.23. The molecule has 1 aromatic carbocycles. The van der Waals surface area contributed by atoms with Crippen LogP contribution in [0.3, 0.4) is 0 Å². The van der Waals surface area contributed by atoms with Crippen LogP contribution < -0.4 is 0 Å². The van der Waals surface area contributed by atoms with Crippen molar-refractivity contribution in [1.29, 1.82) is 0 Å². The van der Waals surface area contributed by atoms with Gasteiger partial charge in [0.05, 0.1) is 17.1 Å². The van der Waals surface area contributed by atoms with Crippen LogP contribution >= 0.6 is 0 Å². The largest absolute Gasteiger partial charge is 0.463 e. The Bertz CT molecular complexity index is 782. The molecule has 2 saturated heterocycles. The lowest BCUT2D eigenvalue weighted by Crippen LogP contribution is -2.35. The highest BCUT2D eigenvalue weighted by atomic mass is 32.2. The number of benzene rings is 1. The molecule has 1 aromatic rings. The summed E-state index contributed by atoms with van der Waals surface area (Å²) in [4.78, 5) is 23.9. The van der Waals surface area contributed by atoms with Crippen LogP contribution in [0.5, 0.6) is 0 Å². The maximum Gasteiger partial charge on any atom is 0.347 e. The van der Waals surface area contributed by atoms with Crippen LogP contribution in [-0.2, 0) is 24.3 Å². The molecular formula is C17H21NO6S. The van der Waals surface area contributed by atoms with Gasteiger partial charge in [0.25, 0.3) is 0 Å². The van der Waals surface area contributed by atoms with Crippen molar-refractivity contribution in [1.82, 2.24) is 4.31 Å². The van der Waals surface area contributed by atoms with Gasteiger partial charge in [0, 0.05) is 19.5 Å². The molecule has 2 aliphatic heterocycles. The quantitative estimate of drug-likeness (QED) is 0.752. The Labute approximate surface area is 147 Å². The topological polar surface area (TPSA) is 90.0 Å². The van der Waals surface area contributed by atoms with E-state index in [9.17, 15) is 18.0 Å². The molecule has 2 aliphatic rings. The van der Waals surface area contributed by atoms with Gasteiger partial charge in [-0.1, -0.05) is 12.5 Å². The number of nitrogens with zero attached hydrogens (tertiary/aromatic N) is 1. The fraction of sp³-hybridized carbons (Fsp3) is 0.529. The SMILES string of the molecule is Cc1ccc(S(=O)(=O)N2CCCCC2)cc1C(=O)O[C@@H]1CCOC1=O. The molecule has 0 spiro atoms. The number of ether oxygens (including phenoxy) is 2. The van der Waals surface area contributed by atoms with Crippen molar-refractivity contribution in [3.8, 4) is 0 Å². The fourth-order valence-corrected chi connectivity index (χ4v) is 4.56. The molecule has 136 valence electrons. The number of carbonyl (C=O) groups excluding carboxylic acids is 2. The number of sulfonamides is 1. The van der Waals surface area contributed by atoms with Crippen molar-refractivity contribution in [3.05, 3.63) is 29.3 Å². The monoisotopic (exact) mass is 367 g/mol. The van der Waals surface area contributed by atoms with Crippen molar-refractivity contribution < 1.29 is 27.5 Å². The second-order valence-electron chi connectivity index (χ2n) is 6.29. The van der Waals surface area contributed by atoms with Crippen molar-refractivity contribution in [2.45, 2.75) is 43.6 Å². The molecule has 8 heteroatoms. The van der Waals surface area contributed by atoms with Crippen molar-refractivity contribution in [3.63, 3.8) is 0 Å². The van der Waals surface area contributed by atoms with Crippen LogP contribution in [-0.4, -0.2) is 50.5 Å². The number of carbonyl (C=O) groups is 2. The predicted molar refractivity (Wildman–Crippen MR) is 88.6 cm³/mol. The van der Waals surface area contributed by atoms with Gasteiger partial charge in [0.15, 0.2) is 0 Å². The van der Waals surface area contributed by atoms with Gasteiger partial charge in [0.2, 0.25) is 16.1 Å². The van der Waals surface area contributed by atoms with Crippen molar-refractivity contribution in [2.24, 2.45) is 0 Å². The molecular weight excluding hydrogens is 346 g/mol.